The molecule has 108 valence electrons. The van der Waals surface area contributed by atoms with Gasteiger partial charge in [0.25, 0.3) is 0 Å². The lowest BCUT2D eigenvalue weighted by Crippen LogP contribution is -2.31. The molecule has 0 saturated heterocycles. The van der Waals surface area contributed by atoms with Gasteiger partial charge in [-0.3, -0.25) is 5.43 Å². The molecule has 0 fully saturated rings. The molecule has 0 unspecified atom stereocenters. The molecule has 6 heteroatoms. The summed E-state index contributed by atoms with van der Waals surface area (Å²) in [5.74, 6) is 1.38. The number of nitrogens with one attached hydrogen (secondary N) is 2. The maximum absolute atomic E-state index is 5.44. The SMILES string of the molecule is C=CCNC(=S)NN=Cc1ccc(OCC)c(OC)c1. The molecule has 0 radical (unpaired) electrons. The van der Waals surface area contributed by atoms with Crippen LogP contribution in [0.15, 0.2) is 36.0 Å². The Morgan fingerprint density at radius 1 is 1.45 bits per heavy atom. The first-order valence-corrected chi connectivity index (χ1v) is 6.60. The molecule has 0 heterocycles. The van der Waals surface area contributed by atoms with Crippen LogP contribution in [0, 0.1) is 0 Å². The number of benzene rings is 1. The van der Waals surface area contributed by atoms with Gasteiger partial charge in [0.15, 0.2) is 16.6 Å². The Balaban J connectivity index is 2.63. The first-order valence-electron chi connectivity index (χ1n) is 6.19. The predicted octanol–water partition coefficient (Wildman–Crippen LogP) is 2.08. The molecule has 0 aliphatic rings. The fourth-order valence-corrected chi connectivity index (χ4v) is 1.55. The second-order valence-corrected chi connectivity index (χ2v) is 4.12. The van der Waals surface area contributed by atoms with Gasteiger partial charge in [0.2, 0.25) is 0 Å². The maximum atomic E-state index is 5.44. The molecule has 1 aromatic rings. The molecule has 1 rings (SSSR count). The van der Waals surface area contributed by atoms with Gasteiger partial charge in [0, 0.05) is 6.54 Å². The van der Waals surface area contributed by atoms with E-state index in [0.29, 0.717) is 29.8 Å². The van der Waals surface area contributed by atoms with E-state index in [4.69, 9.17) is 21.7 Å². The van der Waals surface area contributed by atoms with E-state index in [1.54, 1.807) is 19.4 Å². The number of hydrogen-bond acceptors (Lipinski definition) is 4. The van der Waals surface area contributed by atoms with Gasteiger partial charge in [-0.25, -0.2) is 0 Å². The van der Waals surface area contributed by atoms with Crippen molar-refractivity contribution in [1.29, 1.82) is 0 Å². The van der Waals surface area contributed by atoms with Crippen molar-refractivity contribution in [3.8, 4) is 11.5 Å². The van der Waals surface area contributed by atoms with Gasteiger partial charge in [0.1, 0.15) is 0 Å². The van der Waals surface area contributed by atoms with Crippen LogP contribution in [0.2, 0.25) is 0 Å². The van der Waals surface area contributed by atoms with Crippen molar-refractivity contribution < 1.29 is 9.47 Å². The highest BCUT2D eigenvalue weighted by molar-refractivity contribution is 7.80. The zero-order valence-corrected chi connectivity index (χ0v) is 12.5. The van der Waals surface area contributed by atoms with E-state index < -0.39 is 0 Å². The summed E-state index contributed by atoms with van der Waals surface area (Å²) in [6.07, 6.45) is 3.37. The molecule has 0 aliphatic heterocycles. The average Bonchev–Trinajstić information content (AvgIpc) is 2.46. The lowest BCUT2D eigenvalue weighted by atomic mass is 10.2. The van der Waals surface area contributed by atoms with Crippen LogP contribution in [0.3, 0.4) is 0 Å². The van der Waals surface area contributed by atoms with Gasteiger partial charge in [-0.1, -0.05) is 6.08 Å². The van der Waals surface area contributed by atoms with Crippen LogP contribution in [-0.4, -0.2) is 31.6 Å². The number of rotatable bonds is 7. The summed E-state index contributed by atoms with van der Waals surface area (Å²) in [5, 5.41) is 7.39. The lowest BCUT2D eigenvalue weighted by molar-refractivity contribution is 0.311. The van der Waals surface area contributed by atoms with Crippen molar-refractivity contribution in [1.82, 2.24) is 10.7 Å². The van der Waals surface area contributed by atoms with Crippen molar-refractivity contribution in [3.63, 3.8) is 0 Å². The average molecular weight is 293 g/mol. The van der Waals surface area contributed by atoms with Crippen molar-refractivity contribution in [2.75, 3.05) is 20.3 Å². The van der Waals surface area contributed by atoms with Gasteiger partial charge < -0.3 is 14.8 Å². The van der Waals surface area contributed by atoms with E-state index in [0.717, 1.165) is 5.56 Å². The van der Waals surface area contributed by atoms with Crippen molar-refractivity contribution in [2.45, 2.75) is 6.92 Å². The first kappa shape index (κ1) is 16.0. The highest BCUT2D eigenvalue weighted by Gasteiger charge is 2.03. The Morgan fingerprint density at radius 2 is 2.25 bits per heavy atom. The molecule has 0 amide bonds. The molecular formula is C14H19N3O2S. The topological polar surface area (TPSA) is 54.9 Å². The van der Waals surface area contributed by atoms with Crippen LogP contribution in [0.25, 0.3) is 0 Å². The van der Waals surface area contributed by atoms with E-state index in [9.17, 15) is 0 Å². The fraction of sp³-hybridized carbons (Fsp3) is 0.286. The maximum Gasteiger partial charge on any atom is 0.187 e. The smallest absolute Gasteiger partial charge is 0.187 e. The Labute approximate surface area is 124 Å². The van der Waals surface area contributed by atoms with E-state index in [1.165, 1.54) is 0 Å². The second-order valence-electron chi connectivity index (χ2n) is 3.71. The quantitative estimate of drug-likeness (QED) is 0.349. The molecule has 1 aromatic carbocycles. The van der Waals surface area contributed by atoms with Crippen LogP contribution >= 0.6 is 12.2 Å². The third-order valence-corrected chi connectivity index (χ3v) is 2.51. The molecule has 0 aliphatic carbocycles. The summed E-state index contributed by atoms with van der Waals surface area (Å²) >= 11 is 5.01. The molecular weight excluding hydrogens is 274 g/mol. The van der Waals surface area contributed by atoms with Crippen molar-refractivity contribution in [3.05, 3.63) is 36.4 Å². The Bertz CT molecular complexity index is 489. The van der Waals surface area contributed by atoms with Crippen molar-refractivity contribution in [2.24, 2.45) is 5.10 Å². The van der Waals surface area contributed by atoms with Crippen LogP contribution in [-0.2, 0) is 0 Å². The molecule has 20 heavy (non-hydrogen) atoms. The van der Waals surface area contributed by atoms with Gasteiger partial charge in [-0.15, -0.1) is 6.58 Å². The normalized spacial score (nSPS) is 10.1. The lowest BCUT2D eigenvalue weighted by Gasteiger charge is -2.09. The van der Waals surface area contributed by atoms with E-state index in [1.807, 2.05) is 25.1 Å². The van der Waals surface area contributed by atoms with Gasteiger partial charge in [-0.2, -0.15) is 5.10 Å². The number of methoxy groups -OCH3 is 1. The molecule has 2 N–H and O–H groups in total. The highest BCUT2D eigenvalue weighted by Crippen LogP contribution is 2.27. The Kier molecular flexibility index (Phi) is 7.13. The molecule has 5 nitrogen and oxygen atoms in total. The minimum absolute atomic E-state index is 0.444. The van der Waals surface area contributed by atoms with Crippen LogP contribution < -0.4 is 20.2 Å². The predicted molar refractivity (Wildman–Crippen MR) is 85.7 cm³/mol. The first-order chi connectivity index (χ1) is 9.71. The summed E-state index contributed by atoms with van der Waals surface area (Å²) in [7, 11) is 1.60. The van der Waals surface area contributed by atoms with E-state index in [-0.39, 0.29) is 0 Å². The minimum atomic E-state index is 0.444. The van der Waals surface area contributed by atoms with E-state index >= 15 is 0 Å². The monoisotopic (exact) mass is 293 g/mol. The van der Waals surface area contributed by atoms with Crippen LogP contribution in [0.4, 0.5) is 0 Å². The number of ether oxygens (including phenoxy) is 2. The molecule has 0 atom stereocenters. The minimum Gasteiger partial charge on any atom is -0.493 e. The van der Waals surface area contributed by atoms with Gasteiger partial charge >= 0.3 is 0 Å². The Morgan fingerprint density at radius 3 is 2.90 bits per heavy atom. The zero-order chi connectivity index (χ0) is 14.8. The van der Waals surface area contributed by atoms with Crippen LogP contribution in [0.5, 0.6) is 11.5 Å². The van der Waals surface area contributed by atoms with Gasteiger partial charge in [-0.05, 0) is 42.9 Å². The molecule has 0 spiro atoms. The summed E-state index contributed by atoms with van der Waals surface area (Å²) in [4.78, 5) is 0. The largest absolute Gasteiger partial charge is 0.493 e. The fourth-order valence-electron chi connectivity index (χ4n) is 1.41. The molecule has 0 saturated carbocycles. The third kappa shape index (κ3) is 5.27. The zero-order valence-electron chi connectivity index (χ0n) is 11.7. The van der Waals surface area contributed by atoms with Gasteiger partial charge in [0.05, 0.1) is 19.9 Å². The van der Waals surface area contributed by atoms with Crippen molar-refractivity contribution >= 4 is 23.5 Å². The standard InChI is InChI=1S/C14H19N3O2S/c1-4-8-15-14(20)17-16-10-11-6-7-12(19-5-2)13(9-11)18-3/h4,6-7,9-10H,1,5,8H2,2-3H3,(H2,15,17,20). The number of nitrogens with zero attached hydrogens (tertiary/aromatic N) is 1. The summed E-state index contributed by atoms with van der Waals surface area (Å²) in [6.45, 7) is 6.70. The summed E-state index contributed by atoms with van der Waals surface area (Å²) in [5.41, 5.74) is 3.59. The molecule has 0 aromatic heterocycles. The Hall–Kier alpha value is -2.08. The highest BCUT2D eigenvalue weighted by atomic mass is 32.1. The molecule has 0 bridgehead atoms. The summed E-state index contributed by atoms with van der Waals surface area (Å²) < 4.78 is 10.7. The second kappa shape index (κ2) is 8.92. The summed E-state index contributed by atoms with van der Waals surface area (Å²) in [6, 6.07) is 5.58. The number of hydrazone groups is 1. The van der Waals surface area contributed by atoms with Crippen LogP contribution in [0.1, 0.15) is 12.5 Å². The van der Waals surface area contributed by atoms with E-state index in [2.05, 4.69) is 22.4 Å². The number of thiocarbonyl (C=S) groups is 1. The number of hydrogen-bond donors (Lipinski definition) is 2. The third-order valence-electron chi connectivity index (χ3n) is 2.27.